The molecule has 0 spiro atoms. The molecule has 0 amide bonds. The highest BCUT2D eigenvalue weighted by Gasteiger charge is 2.31. The van der Waals surface area contributed by atoms with Crippen LogP contribution >= 0.6 is 0 Å². The molecule has 0 radical (unpaired) electrons. The summed E-state index contributed by atoms with van der Waals surface area (Å²) < 4.78 is 44.3. The van der Waals surface area contributed by atoms with Gasteiger partial charge >= 0.3 is 6.36 Å². The molecule has 6 heteroatoms. The van der Waals surface area contributed by atoms with E-state index in [0.29, 0.717) is 5.56 Å². The van der Waals surface area contributed by atoms with Gasteiger partial charge in [0.25, 0.3) is 0 Å². The number of hydrogen-bond donors (Lipinski definition) is 1. The lowest BCUT2D eigenvalue weighted by Crippen LogP contribution is -2.17. The van der Waals surface area contributed by atoms with Crippen LogP contribution < -0.4 is 15.2 Å². The minimum absolute atomic E-state index is 0.116. The van der Waals surface area contributed by atoms with Crippen LogP contribution in [0, 0.1) is 0 Å². The summed E-state index contributed by atoms with van der Waals surface area (Å²) in [7, 11) is 1.35. The van der Waals surface area contributed by atoms with Gasteiger partial charge in [-0.2, -0.15) is 0 Å². The first-order valence-electron chi connectivity index (χ1n) is 4.08. The van der Waals surface area contributed by atoms with Crippen LogP contribution in [0.3, 0.4) is 0 Å². The van der Waals surface area contributed by atoms with Gasteiger partial charge in [0.1, 0.15) is 11.5 Å². The van der Waals surface area contributed by atoms with E-state index in [-0.39, 0.29) is 18.0 Å². The highest BCUT2D eigenvalue weighted by Crippen LogP contribution is 2.27. The Bertz CT molecular complexity index is 316. The van der Waals surface area contributed by atoms with Crippen LogP contribution in [-0.4, -0.2) is 13.5 Å². The summed E-state index contributed by atoms with van der Waals surface area (Å²) >= 11 is 0. The normalized spacial score (nSPS) is 11.3. The van der Waals surface area contributed by atoms with Crippen molar-refractivity contribution in [1.29, 1.82) is 0 Å². The molecule has 0 saturated carbocycles. The highest BCUT2D eigenvalue weighted by molar-refractivity contribution is 5.38. The van der Waals surface area contributed by atoms with Gasteiger partial charge in [0.2, 0.25) is 0 Å². The molecule has 0 aliphatic carbocycles. The van der Waals surface area contributed by atoms with E-state index in [2.05, 4.69) is 4.74 Å². The van der Waals surface area contributed by atoms with E-state index in [0.717, 1.165) is 6.07 Å². The molecule has 1 aromatic rings. The molecule has 0 saturated heterocycles. The lowest BCUT2D eigenvalue weighted by Gasteiger charge is -2.11. The predicted octanol–water partition coefficient (Wildman–Crippen LogP) is 2.05. The maximum atomic E-state index is 11.9. The first-order chi connectivity index (χ1) is 6.94. The Morgan fingerprint density at radius 2 is 1.80 bits per heavy atom. The Morgan fingerprint density at radius 1 is 1.20 bits per heavy atom. The largest absolute Gasteiger partial charge is 0.573 e. The maximum absolute atomic E-state index is 11.9. The van der Waals surface area contributed by atoms with Crippen molar-refractivity contribution >= 4 is 0 Å². The summed E-state index contributed by atoms with van der Waals surface area (Å²) in [5.41, 5.74) is 5.82. The zero-order valence-corrected chi connectivity index (χ0v) is 7.97. The van der Waals surface area contributed by atoms with Crippen molar-refractivity contribution in [3.8, 4) is 11.5 Å². The Kier molecular flexibility index (Phi) is 3.41. The SMILES string of the molecule is COc1cc(CN)cc(OC(F)(F)F)c1. The second-order valence-corrected chi connectivity index (χ2v) is 2.77. The van der Waals surface area contributed by atoms with Crippen molar-refractivity contribution in [2.75, 3.05) is 7.11 Å². The van der Waals surface area contributed by atoms with E-state index in [9.17, 15) is 13.2 Å². The van der Waals surface area contributed by atoms with Crippen LogP contribution in [0.2, 0.25) is 0 Å². The van der Waals surface area contributed by atoms with Gasteiger partial charge in [-0.25, -0.2) is 0 Å². The van der Waals surface area contributed by atoms with Gasteiger partial charge < -0.3 is 15.2 Å². The fraction of sp³-hybridized carbons (Fsp3) is 0.333. The van der Waals surface area contributed by atoms with Crippen LogP contribution in [-0.2, 0) is 6.54 Å². The van der Waals surface area contributed by atoms with Crippen LogP contribution in [0.1, 0.15) is 5.56 Å². The molecule has 1 aromatic carbocycles. The molecule has 0 aromatic heterocycles. The molecule has 0 aliphatic heterocycles. The van der Waals surface area contributed by atoms with Gasteiger partial charge in [-0.3, -0.25) is 0 Å². The third-order valence-corrected chi connectivity index (χ3v) is 1.64. The summed E-state index contributed by atoms with van der Waals surface area (Å²) in [6, 6.07) is 3.91. The number of ether oxygens (including phenoxy) is 2. The monoisotopic (exact) mass is 221 g/mol. The number of benzene rings is 1. The van der Waals surface area contributed by atoms with Gasteiger partial charge in [0, 0.05) is 12.6 Å². The fourth-order valence-electron chi connectivity index (χ4n) is 1.06. The van der Waals surface area contributed by atoms with Crippen molar-refractivity contribution in [3.63, 3.8) is 0 Å². The highest BCUT2D eigenvalue weighted by atomic mass is 19.4. The smallest absolute Gasteiger partial charge is 0.497 e. The minimum Gasteiger partial charge on any atom is -0.497 e. The van der Waals surface area contributed by atoms with Crippen molar-refractivity contribution in [1.82, 2.24) is 0 Å². The van der Waals surface area contributed by atoms with E-state index in [4.69, 9.17) is 10.5 Å². The van der Waals surface area contributed by atoms with Gasteiger partial charge in [0.15, 0.2) is 0 Å². The molecule has 0 unspecified atom stereocenters. The first-order valence-corrected chi connectivity index (χ1v) is 4.08. The van der Waals surface area contributed by atoms with Crippen molar-refractivity contribution in [3.05, 3.63) is 23.8 Å². The zero-order chi connectivity index (χ0) is 11.5. The molecular formula is C9H10F3NO2. The Morgan fingerprint density at radius 3 is 2.27 bits per heavy atom. The number of nitrogens with two attached hydrogens (primary N) is 1. The third-order valence-electron chi connectivity index (χ3n) is 1.64. The summed E-state index contributed by atoms with van der Waals surface area (Å²) in [6.45, 7) is 0.116. The van der Waals surface area contributed by atoms with Crippen LogP contribution in [0.5, 0.6) is 11.5 Å². The molecule has 84 valence electrons. The minimum atomic E-state index is -4.71. The fourth-order valence-corrected chi connectivity index (χ4v) is 1.06. The standard InChI is InChI=1S/C9H10F3NO2/c1-14-7-2-6(5-13)3-8(4-7)15-9(10,11)12/h2-4H,5,13H2,1H3. The average molecular weight is 221 g/mol. The number of alkyl halides is 3. The third kappa shape index (κ3) is 3.67. The lowest BCUT2D eigenvalue weighted by atomic mass is 10.2. The molecule has 0 atom stereocenters. The van der Waals surface area contributed by atoms with E-state index in [1.165, 1.54) is 13.2 Å². The molecule has 0 heterocycles. The predicted molar refractivity (Wildman–Crippen MR) is 47.6 cm³/mol. The van der Waals surface area contributed by atoms with E-state index >= 15 is 0 Å². The summed E-state index contributed by atoms with van der Waals surface area (Å²) in [5.74, 6) is -0.0560. The maximum Gasteiger partial charge on any atom is 0.573 e. The van der Waals surface area contributed by atoms with Crippen LogP contribution in [0.15, 0.2) is 18.2 Å². The molecule has 0 fully saturated rings. The number of hydrogen-bond acceptors (Lipinski definition) is 3. The quantitative estimate of drug-likeness (QED) is 0.849. The van der Waals surface area contributed by atoms with Gasteiger partial charge in [-0.15, -0.1) is 13.2 Å². The molecule has 3 nitrogen and oxygen atoms in total. The van der Waals surface area contributed by atoms with Crippen molar-refractivity contribution in [2.24, 2.45) is 5.73 Å². The summed E-state index contributed by atoms with van der Waals surface area (Å²) in [4.78, 5) is 0. The van der Waals surface area contributed by atoms with Gasteiger partial charge in [-0.1, -0.05) is 0 Å². The molecule has 2 N–H and O–H groups in total. The van der Waals surface area contributed by atoms with Crippen LogP contribution in [0.25, 0.3) is 0 Å². The first kappa shape index (κ1) is 11.6. The van der Waals surface area contributed by atoms with E-state index < -0.39 is 6.36 Å². The Hall–Kier alpha value is -1.43. The van der Waals surface area contributed by atoms with E-state index in [1.54, 1.807) is 6.07 Å². The van der Waals surface area contributed by atoms with E-state index in [1.807, 2.05) is 0 Å². The van der Waals surface area contributed by atoms with Gasteiger partial charge in [0.05, 0.1) is 7.11 Å². The Balaban J connectivity index is 2.97. The lowest BCUT2D eigenvalue weighted by molar-refractivity contribution is -0.274. The molecule has 1 rings (SSSR count). The molecular weight excluding hydrogens is 211 g/mol. The Labute approximate surface area is 84.6 Å². The summed E-state index contributed by atoms with van der Waals surface area (Å²) in [5, 5.41) is 0. The molecule has 15 heavy (non-hydrogen) atoms. The van der Waals surface area contributed by atoms with Gasteiger partial charge in [-0.05, 0) is 17.7 Å². The van der Waals surface area contributed by atoms with Crippen molar-refractivity contribution < 1.29 is 22.6 Å². The molecule has 0 aliphatic rings. The van der Waals surface area contributed by atoms with Crippen LogP contribution in [0.4, 0.5) is 13.2 Å². The second kappa shape index (κ2) is 4.39. The number of halogens is 3. The second-order valence-electron chi connectivity index (χ2n) is 2.77. The molecule has 0 bridgehead atoms. The average Bonchev–Trinajstić information content (AvgIpc) is 2.14. The van der Waals surface area contributed by atoms with Crippen molar-refractivity contribution in [2.45, 2.75) is 12.9 Å². The number of methoxy groups -OCH3 is 1. The summed E-state index contributed by atoms with van der Waals surface area (Å²) in [6.07, 6.45) is -4.71. The zero-order valence-electron chi connectivity index (χ0n) is 7.97. The topological polar surface area (TPSA) is 44.5 Å². The number of rotatable bonds is 3.